The highest BCUT2D eigenvalue weighted by atomic mass is 35.5. The molecule has 0 radical (unpaired) electrons. The molecule has 100 valence electrons. The second kappa shape index (κ2) is 5.71. The molecule has 1 aromatic carbocycles. The minimum Gasteiger partial charge on any atom is -0.476 e. The van der Waals surface area contributed by atoms with Crippen molar-refractivity contribution >= 4 is 28.8 Å². The molecular formula is C12H12ClFN4O. The van der Waals surface area contributed by atoms with E-state index >= 15 is 0 Å². The molecule has 0 amide bonds. The molecule has 0 aliphatic carbocycles. The van der Waals surface area contributed by atoms with E-state index < -0.39 is 5.82 Å². The first-order valence-electron chi connectivity index (χ1n) is 5.57. The van der Waals surface area contributed by atoms with Crippen molar-refractivity contribution in [1.29, 1.82) is 0 Å². The average molecular weight is 283 g/mol. The molecule has 0 unspecified atom stereocenters. The lowest BCUT2D eigenvalue weighted by Gasteiger charge is -2.12. The fourth-order valence-electron chi connectivity index (χ4n) is 1.47. The summed E-state index contributed by atoms with van der Waals surface area (Å²) in [6, 6.07) is 4.36. The molecular weight excluding hydrogens is 271 g/mol. The molecule has 5 nitrogen and oxygen atoms in total. The van der Waals surface area contributed by atoms with E-state index in [1.807, 2.05) is 6.92 Å². The van der Waals surface area contributed by atoms with Crippen LogP contribution in [0.5, 0.6) is 5.88 Å². The van der Waals surface area contributed by atoms with Crippen LogP contribution in [0.25, 0.3) is 0 Å². The molecule has 7 heteroatoms. The first kappa shape index (κ1) is 13.4. The van der Waals surface area contributed by atoms with E-state index in [-0.39, 0.29) is 28.1 Å². The van der Waals surface area contributed by atoms with Crippen LogP contribution in [0, 0.1) is 5.82 Å². The largest absolute Gasteiger partial charge is 0.476 e. The van der Waals surface area contributed by atoms with Gasteiger partial charge in [0.2, 0.25) is 5.88 Å². The molecule has 0 saturated carbocycles. The number of ether oxygens (including phenoxy) is 1. The van der Waals surface area contributed by atoms with E-state index in [0.29, 0.717) is 6.61 Å². The number of nitrogens with two attached hydrogens (primary N) is 1. The summed E-state index contributed by atoms with van der Waals surface area (Å²) in [6.45, 7) is 2.23. The summed E-state index contributed by atoms with van der Waals surface area (Å²) in [4.78, 5) is 7.84. The van der Waals surface area contributed by atoms with Crippen LogP contribution in [0.3, 0.4) is 0 Å². The van der Waals surface area contributed by atoms with E-state index in [0.717, 1.165) is 0 Å². The first-order chi connectivity index (χ1) is 9.13. The molecule has 1 heterocycles. The van der Waals surface area contributed by atoms with E-state index in [1.54, 1.807) is 6.07 Å². The summed E-state index contributed by atoms with van der Waals surface area (Å²) in [5.74, 6) is -0.0126. The fourth-order valence-corrected chi connectivity index (χ4v) is 1.68. The Bertz CT molecular complexity index is 574. The molecule has 3 N–H and O–H groups in total. The van der Waals surface area contributed by atoms with Gasteiger partial charge in [-0.2, -0.15) is 4.98 Å². The molecule has 0 aliphatic rings. The zero-order valence-electron chi connectivity index (χ0n) is 10.2. The number of rotatable bonds is 4. The molecule has 19 heavy (non-hydrogen) atoms. The lowest BCUT2D eigenvalue weighted by atomic mass is 10.3. The van der Waals surface area contributed by atoms with Crippen molar-refractivity contribution in [3.8, 4) is 5.88 Å². The van der Waals surface area contributed by atoms with Gasteiger partial charge in [0.25, 0.3) is 0 Å². The third-order valence-electron chi connectivity index (χ3n) is 2.33. The average Bonchev–Trinajstić information content (AvgIpc) is 2.38. The van der Waals surface area contributed by atoms with Gasteiger partial charge in [-0.3, -0.25) is 0 Å². The van der Waals surface area contributed by atoms with Gasteiger partial charge in [0.1, 0.15) is 17.8 Å². The summed E-state index contributed by atoms with van der Waals surface area (Å²) < 4.78 is 18.9. The molecule has 0 fully saturated rings. The molecule has 0 bridgehead atoms. The van der Waals surface area contributed by atoms with Crippen LogP contribution in [0.2, 0.25) is 5.02 Å². The lowest BCUT2D eigenvalue weighted by Crippen LogP contribution is -2.06. The third-order valence-corrected chi connectivity index (χ3v) is 2.65. The Morgan fingerprint density at radius 1 is 1.42 bits per heavy atom. The number of halogens is 2. The summed E-state index contributed by atoms with van der Waals surface area (Å²) in [5.41, 5.74) is 6.15. The highest BCUT2D eigenvalue weighted by Gasteiger charge is 2.13. The zero-order chi connectivity index (χ0) is 13.8. The highest BCUT2D eigenvalue weighted by Crippen LogP contribution is 2.32. The van der Waals surface area contributed by atoms with Crippen molar-refractivity contribution in [2.45, 2.75) is 6.92 Å². The third kappa shape index (κ3) is 2.85. The Kier molecular flexibility index (Phi) is 4.01. The highest BCUT2D eigenvalue weighted by molar-refractivity contribution is 6.33. The molecule has 2 rings (SSSR count). The minimum absolute atomic E-state index is 0.108. The SMILES string of the molecule is CCOc1ncnc(Nc2c(F)cccc2Cl)c1N. The monoisotopic (exact) mass is 282 g/mol. The lowest BCUT2D eigenvalue weighted by molar-refractivity contribution is 0.328. The summed E-state index contributed by atoms with van der Waals surface area (Å²) in [5, 5.41) is 2.98. The van der Waals surface area contributed by atoms with Gasteiger partial charge in [-0.15, -0.1) is 0 Å². The number of benzene rings is 1. The molecule has 2 aromatic rings. The summed E-state index contributed by atoms with van der Waals surface area (Å²) in [7, 11) is 0. The Hall–Kier alpha value is -2.08. The van der Waals surface area contributed by atoms with Crippen LogP contribution < -0.4 is 15.8 Å². The molecule has 0 saturated heterocycles. The van der Waals surface area contributed by atoms with Gasteiger partial charge in [0.15, 0.2) is 5.82 Å². The van der Waals surface area contributed by atoms with Crippen LogP contribution in [-0.2, 0) is 0 Å². The van der Waals surface area contributed by atoms with E-state index in [9.17, 15) is 4.39 Å². The summed E-state index contributed by atoms with van der Waals surface area (Å²) >= 11 is 5.91. The maximum absolute atomic E-state index is 13.7. The van der Waals surface area contributed by atoms with Crippen molar-refractivity contribution in [1.82, 2.24) is 9.97 Å². The standard InChI is InChI=1S/C12H12ClFN4O/c1-2-19-12-9(15)11(16-6-17-12)18-10-7(13)4-3-5-8(10)14/h3-6H,2,15H2,1H3,(H,16,17,18). The van der Waals surface area contributed by atoms with Crippen LogP contribution in [0.15, 0.2) is 24.5 Å². The number of hydrogen-bond acceptors (Lipinski definition) is 5. The van der Waals surface area contributed by atoms with Gasteiger partial charge in [-0.05, 0) is 19.1 Å². The number of para-hydroxylation sites is 1. The Balaban J connectivity index is 2.36. The topological polar surface area (TPSA) is 73.1 Å². The smallest absolute Gasteiger partial charge is 0.242 e. The second-order valence-electron chi connectivity index (χ2n) is 3.60. The van der Waals surface area contributed by atoms with Gasteiger partial charge >= 0.3 is 0 Å². The predicted molar refractivity (Wildman–Crippen MR) is 72.3 cm³/mol. The van der Waals surface area contributed by atoms with Crippen molar-refractivity contribution in [3.05, 3.63) is 35.4 Å². The molecule has 1 aromatic heterocycles. The molecule has 0 atom stereocenters. The first-order valence-corrected chi connectivity index (χ1v) is 5.95. The van der Waals surface area contributed by atoms with E-state index in [2.05, 4.69) is 15.3 Å². The van der Waals surface area contributed by atoms with Gasteiger partial charge in [-0.25, -0.2) is 9.37 Å². The number of nitrogens with zero attached hydrogens (tertiary/aromatic N) is 2. The van der Waals surface area contributed by atoms with E-state index in [1.165, 1.54) is 18.5 Å². The van der Waals surface area contributed by atoms with Crippen molar-refractivity contribution in [3.63, 3.8) is 0 Å². The number of nitrogen functional groups attached to an aromatic ring is 1. The number of nitrogens with one attached hydrogen (secondary N) is 1. The van der Waals surface area contributed by atoms with Gasteiger partial charge < -0.3 is 15.8 Å². The van der Waals surface area contributed by atoms with Crippen LogP contribution >= 0.6 is 11.6 Å². The van der Waals surface area contributed by atoms with Gasteiger partial charge in [0.05, 0.1) is 17.3 Å². The normalized spacial score (nSPS) is 10.3. The Morgan fingerprint density at radius 2 is 2.21 bits per heavy atom. The van der Waals surface area contributed by atoms with Crippen LogP contribution in [-0.4, -0.2) is 16.6 Å². The fraction of sp³-hybridized carbons (Fsp3) is 0.167. The van der Waals surface area contributed by atoms with Crippen LogP contribution in [0.1, 0.15) is 6.92 Å². The Morgan fingerprint density at radius 3 is 2.89 bits per heavy atom. The number of hydrogen-bond donors (Lipinski definition) is 2. The van der Waals surface area contributed by atoms with Crippen molar-refractivity contribution in [2.24, 2.45) is 0 Å². The maximum Gasteiger partial charge on any atom is 0.242 e. The zero-order valence-corrected chi connectivity index (χ0v) is 10.9. The number of anilines is 3. The van der Waals surface area contributed by atoms with Gasteiger partial charge in [-0.1, -0.05) is 17.7 Å². The van der Waals surface area contributed by atoms with Crippen LogP contribution in [0.4, 0.5) is 21.6 Å². The molecule has 0 aliphatic heterocycles. The Labute approximate surface area is 114 Å². The second-order valence-corrected chi connectivity index (χ2v) is 4.00. The quantitative estimate of drug-likeness (QED) is 0.902. The molecule has 0 spiro atoms. The van der Waals surface area contributed by atoms with Crippen molar-refractivity contribution < 1.29 is 9.13 Å². The predicted octanol–water partition coefficient (Wildman–Crippen LogP) is 2.99. The van der Waals surface area contributed by atoms with Crippen molar-refractivity contribution in [2.75, 3.05) is 17.7 Å². The minimum atomic E-state index is -0.497. The number of aromatic nitrogens is 2. The van der Waals surface area contributed by atoms with E-state index in [4.69, 9.17) is 22.1 Å². The maximum atomic E-state index is 13.7. The van der Waals surface area contributed by atoms with Gasteiger partial charge in [0, 0.05) is 0 Å². The summed E-state index contributed by atoms with van der Waals surface area (Å²) in [6.07, 6.45) is 1.28.